The van der Waals surface area contributed by atoms with E-state index in [2.05, 4.69) is 30.8 Å². The first-order chi connectivity index (χ1) is 9.02. The van der Waals surface area contributed by atoms with Crippen LogP contribution in [-0.2, 0) is 0 Å². The van der Waals surface area contributed by atoms with Crippen LogP contribution in [0.5, 0.6) is 0 Å². The number of piperazine rings is 1. The zero-order valence-electron chi connectivity index (χ0n) is 12.4. The molecule has 0 saturated carbocycles. The molecule has 5 nitrogen and oxygen atoms in total. The van der Waals surface area contributed by atoms with Gasteiger partial charge in [-0.25, -0.2) is 0 Å². The van der Waals surface area contributed by atoms with E-state index in [0.717, 1.165) is 38.4 Å². The number of aryl methyl sites for hydroxylation is 1. The Morgan fingerprint density at radius 3 is 2.42 bits per heavy atom. The van der Waals surface area contributed by atoms with Gasteiger partial charge in [-0.05, 0) is 33.4 Å². The van der Waals surface area contributed by atoms with E-state index in [1.54, 1.807) is 0 Å². The van der Waals surface area contributed by atoms with Gasteiger partial charge in [0.05, 0.1) is 0 Å². The average Bonchev–Trinajstić information content (AvgIpc) is 2.80. The van der Waals surface area contributed by atoms with Gasteiger partial charge in [-0.3, -0.25) is 9.48 Å². The lowest BCUT2D eigenvalue weighted by molar-refractivity contribution is 0.0636. The summed E-state index contributed by atoms with van der Waals surface area (Å²) in [6.07, 6.45) is 0. The molecule has 0 radical (unpaired) electrons. The third-order valence-corrected chi connectivity index (χ3v) is 3.74. The molecule has 1 aromatic rings. The van der Waals surface area contributed by atoms with Crippen LogP contribution in [0.25, 0.3) is 0 Å². The molecule has 1 saturated heterocycles. The molecule has 1 amide bonds. The second kappa shape index (κ2) is 5.74. The van der Waals surface area contributed by atoms with Gasteiger partial charge < -0.3 is 9.80 Å². The number of amides is 1. The van der Waals surface area contributed by atoms with Gasteiger partial charge in [-0.2, -0.15) is 5.10 Å². The highest BCUT2D eigenvalue weighted by Gasteiger charge is 2.23. The van der Waals surface area contributed by atoms with Gasteiger partial charge in [0.15, 0.2) is 5.69 Å². The minimum absolute atomic E-state index is 0.0678. The number of nitrogens with zero attached hydrogens (tertiary/aromatic N) is 4. The fraction of sp³-hybridized carbons (Fsp3) is 0.714. The molecule has 2 rings (SSSR count). The first kappa shape index (κ1) is 14.1. The van der Waals surface area contributed by atoms with Crippen molar-refractivity contribution in [1.29, 1.82) is 0 Å². The molecule has 106 valence electrons. The largest absolute Gasteiger partial charge is 0.335 e. The smallest absolute Gasteiger partial charge is 0.274 e. The lowest BCUT2D eigenvalue weighted by atomic mass is 10.2. The number of rotatable bonds is 3. The van der Waals surface area contributed by atoms with E-state index in [-0.39, 0.29) is 5.91 Å². The van der Waals surface area contributed by atoms with Gasteiger partial charge in [0.1, 0.15) is 0 Å². The van der Waals surface area contributed by atoms with Crippen molar-refractivity contribution in [1.82, 2.24) is 19.6 Å². The maximum absolute atomic E-state index is 12.4. The van der Waals surface area contributed by atoms with E-state index in [1.165, 1.54) is 0 Å². The predicted molar refractivity (Wildman–Crippen MR) is 75.4 cm³/mol. The van der Waals surface area contributed by atoms with Crippen LogP contribution in [0.15, 0.2) is 6.07 Å². The molecule has 19 heavy (non-hydrogen) atoms. The molecular weight excluding hydrogens is 240 g/mol. The maximum atomic E-state index is 12.4. The van der Waals surface area contributed by atoms with Crippen molar-refractivity contribution in [3.05, 3.63) is 17.5 Å². The van der Waals surface area contributed by atoms with Crippen molar-refractivity contribution < 1.29 is 4.79 Å². The number of aromatic nitrogens is 2. The Morgan fingerprint density at radius 1 is 1.32 bits per heavy atom. The second-order valence-corrected chi connectivity index (χ2v) is 5.44. The third kappa shape index (κ3) is 2.97. The average molecular weight is 264 g/mol. The van der Waals surface area contributed by atoms with E-state index >= 15 is 0 Å². The van der Waals surface area contributed by atoms with Gasteiger partial charge >= 0.3 is 0 Å². The van der Waals surface area contributed by atoms with Crippen LogP contribution in [0.1, 0.15) is 43.0 Å². The predicted octanol–water partition coefficient (Wildman–Crippen LogP) is 1.55. The molecule has 0 aliphatic carbocycles. The van der Waals surface area contributed by atoms with Crippen molar-refractivity contribution in [2.45, 2.75) is 33.7 Å². The molecule has 1 fully saturated rings. The summed E-state index contributed by atoms with van der Waals surface area (Å²) in [6, 6.07) is 2.19. The number of likely N-dealkylation sites (N-methyl/N-ethyl adjacent to an activating group) is 1. The zero-order chi connectivity index (χ0) is 14.0. The molecule has 1 aliphatic heterocycles. The molecule has 0 N–H and O–H groups in total. The monoisotopic (exact) mass is 264 g/mol. The Morgan fingerprint density at radius 2 is 1.95 bits per heavy atom. The molecule has 0 aromatic carbocycles. The number of hydrogen-bond donors (Lipinski definition) is 0. The fourth-order valence-electron chi connectivity index (χ4n) is 2.54. The summed E-state index contributed by atoms with van der Waals surface area (Å²) in [5.74, 6) is 0.0678. The van der Waals surface area contributed by atoms with Crippen molar-refractivity contribution in [2.24, 2.45) is 0 Å². The van der Waals surface area contributed by atoms with Crippen LogP contribution in [0, 0.1) is 6.92 Å². The van der Waals surface area contributed by atoms with E-state index in [0.29, 0.717) is 11.7 Å². The van der Waals surface area contributed by atoms with E-state index in [1.807, 2.05) is 22.6 Å². The molecule has 0 bridgehead atoms. The number of carbonyl (C=O) groups is 1. The maximum Gasteiger partial charge on any atom is 0.274 e. The second-order valence-electron chi connectivity index (χ2n) is 5.44. The molecule has 1 aliphatic rings. The summed E-state index contributed by atoms with van der Waals surface area (Å²) in [5, 5.41) is 4.44. The van der Waals surface area contributed by atoms with Gasteiger partial charge in [0.2, 0.25) is 0 Å². The number of hydrogen-bond acceptors (Lipinski definition) is 3. The quantitative estimate of drug-likeness (QED) is 0.832. The molecule has 2 heterocycles. The molecule has 5 heteroatoms. The Hall–Kier alpha value is -1.36. The Balaban J connectivity index is 2.06. The summed E-state index contributed by atoms with van der Waals surface area (Å²) in [5.41, 5.74) is 1.63. The first-order valence-corrected chi connectivity index (χ1v) is 7.10. The standard InChI is InChI=1S/C14H24N4O/c1-5-16-6-8-17(9-7-16)14(19)13-10-12(4)18(15-13)11(2)3/h10-11H,5-9H2,1-4H3. The van der Waals surface area contributed by atoms with Gasteiger partial charge in [-0.1, -0.05) is 6.92 Å². The minimum atomic E-state index is 0.0678. The van der Waals surface area contributed by atoms with Crippen molar-refractivity contribution in [3.63, 3.8) is 0 Å². The van der Waals surface area contributed by atoms with Crippen LogP contribution < -0.4 is 0 Å². The summed E-state index contributed by atoms with van der Waals surface area (Å²) in [6.45, 7) is 12.9. The number of carbonyl (C=O) groups excluding carboxylic acids is 1. The van der Waals surface area contributed by atoms with Gasteiger partial charge in [-0.15, -0.1) is 0 Å². The molecule has 1 aromatic heterocycles. The fourth-order valence-corrected chi connectivity index (χ4v) is 2.54. The topological polar surface area (TPSA) is 41.4 Å². The highest BCUT2D eigenvalue weighted by atomic mass is 16.2. The van der Waals surface area contributed by atoms with Crippen LogP contribution in [0.4, 0.5) is 0 Å². The molecule has 0 spiro atoms. The lowest BCUT2D eigenvalue weighted by Crippen LogP contribution is -2.48. The highest BCUT2D eigenvalue weighted by molar-refractivity contribution is 5.92. The lowest BCUT2D eigenvalue weighted by Gasteiger charge is -2.33. The van der Waals surface area contributed by atoms with E-state index in [4.69, 9.17) is 0 Å². The van der Waals surface area contributed by atoms with Gasteiger partial charge in [0, 0.05) is 37.9 Å². The van der Waals surface area contributed by atoms with E-state index < -0.39 is 0 Å². The van der Waals surface area contributed by atoms with Crippen LogP contribution in [0.2, 0.25) is 0 Å². The highest BCUT2D eigenvalue weighted by Crippen LogP contribution is 2.13. The van der Waals surface area contributed by atoms with Crippen LogP contribution in [0.3, 0.4) is 0 Å². The SMILES string of the molecule is CCN1CCN(C(=O)c2cc(C)n(C(C)C)n2)CC1. The Labute approximate surface area is 115 Å². The first-order valence-electron chi connectivity index (χ1n) is 7.10. The van der Waals surface area contributed by atoms with Crippen molar-refractivity contribution >= 4 is 5.91 Å². The summed E-state index contributed by atoms with van der Waals surface area (Å²) < 4.78 is 1.91. The molecular formula is C14H24N4O. The van der Waals surface area contributed by atoms with Crippen molar-refractivity contribution in [3.8, 4) is 0 Å². The van der Waals surface area contributed by atoms with Gasteiger partial charge in [0.25, 0.3) is 5.91 Å². The van der Waals surface area contributed by atoms with E-state index in [9.17, 15) is 4.79 Å². The molecule has 0 atom stereocenters. The van der Waals surface area contributed by atoms with Crippen LogP contribution in [-0.4, -0.2) is 58.2 Å². The van der Waals surface area contributed by atoms with Crippen molar-refractivity contribution in [2.75, 3.05) is 32.7 Å². The molecule has 0 unspecified atom stereocenters. The third-order valence-electron chi connectivity index (χ3n) is 3.74. The minimum Gasteiger partial charge on any atom is -0.335 e. The van der Waals surface area contributed by atoms with Crippen LogP contribution >= 0.6 is 0 Å². The Bertz CT molecular complexity index is 444. The summed E-state index contributed by atoms with van der Waals surface area (Å²) >= 11 is 0. The zero-order valence-corrected chi connectivity index (χ0v) is 12.4. The normalized spacial score (nSPS) is 17.2. The summed E-state index contributed by atoms with van der Waals surface area (Å²) in [7, 11) is 0. The summed E-state index contributed by atoms with van der Waals surface area (Å²) in [4.78, 5) is 16.7. The Kier molecular flexibility index (Phi) is 4.24.